The summed E-state index contributed by atoms with van der Waals surface area (Å²) in [5, 5.41) is 19.5. The summed E-state index contributed by atoms with van der Waals surface area (Å²) in [6.07, 6.45) is 3.37. The number of nitrogens with two attached hydrogens (primary N) is 1. The van der Waals surface area contributed by atoms with Gasteiger partial charge in [-0.25, -0.2) is 9.97 Å². The van der Waals surface area contributed by atoms with Crippen LogP contribution in [0.25, 0.3) is 21.8 Å². The standard InChI is InChI=1S/C29H35N7O7S.C12H12N2OS.C10H19NO2/c1-35-7-9-36(10-8-35)28(40)21-14-20(27(39)34-29-33-24(19-44-29)23-4-2-3-5-31-23)15-22(16-21)43-18-26(38)32-6-11-41-12-13-42-17-25(30)37;1-9-12(16-8-14-9)11-4-2-10(3-5-11)6-13-7-15;1-10(2,3)6-9(13)11-5-4-8(12)7-11/h2-5,14-16,19H,6-13,17-18H2,1H3,(H2,30,37)(H,32,38)(H,33,34,39);2-5,7-8H,6H2,1H3,(H,13,15);8,12H,4-7H2,1-3H3. The zero-order chi connectivity index (χ0) is 52.8. The minimum absolute atomic E-state index is 0.0463. The molecule has 0 spiro atoms. The normalized spacial score (nSPS) is 14.5. The molecule has 0 bridgehead atoms. The van der Waals surface area contributed by atoms with Gasteiger partial charge in [0.15, 0.2) is 11.7 Å². The van der Waals surface area contributed by atoms with E-state index < -0.39 is 17.7 Å². The van der Waals surface area contributed by atoms with Crippen LogP contribution in [0.5, 0.6) is 5.75 Å². The molecule has 2 aliphatic rings. The summed E-state index contributed by atoms with van der Waals surface area (Å²) in [4.78, 5) is 91.2. The van der Waals surface area contributed by atoms with Crippen LogP contribution in [0.2, 0.25) is 0 Å². The molecule has 392 valence electrons. The Morgan fingerprint density at radius 2 is 1.62 bits per heavy atom. The maximum absolute atomic E-state index is 13.4. The number of benzene rings is 2. The molecule has 5 aromatic rings. The number of piperazine rings is 1. The lowest BCUT2D eigenvalue weighted by Crippen LogP contribution is -2.47. The van der Waals surface area contributed by atoms with E-state index in [0.717, 1.165) is 37.3 Å². The highest BCUT2D eigenvalue weighted by Gasteiger charge is 2.27. The number of nitrogens with one attached hydrogen (secondary N) is 3. The summed E-state index contributed by atoms with van der Waals surface area (Å²) in [5.74, 6) is -1.32. The smallest absolute Gasteiger partial charge is 0.258 e. The summed E-state index contributed by atoms with van der Waals surface area (Å²) in [6.45, 7) is 12.9. The van der Waals surface area contributed by atoms with Gasteiger partial charge in [-0.3, -0.25) is 39.1 Å². The van der Waals surface area contributed by atoms with E-state index in [0.29, 0.717) is 55.5 Å². The fourth-order valence-electron chi connectivity index (χ4n) is 7.16. The third-order valence-corrected chi connectivity index (χ3v) is 12.7. The number of ether oxygens (including phenoxy) is 3. The minimum atomic E-state index is -0.561. The van der Waals surface area contributed by atoms with Crippen LogP contribution in [0.3, 0.4) is 0 Å². The monoisotopic (exact) mass is 1040 g/mol. The van der Waals surface area contributed by atoms with E-state index in [9.17, 15) is 33.9 Å². The van der Waals surface area contributed by atoms with Crippen LogP contribution in [-0.4, -0.2) is 163 Å². The molecule has 0 aliphatic carbocycles. The molecule has 2 fully saturated rings. The average molecular weight is 1040 g/mol. The van der Waals surface area contributed by atoms with Crippen molar-refractivity contribution in [2.24, 2.45) is 11.1 Å². The van der Waals surface area contributed by atoms with Gasteiger partial charge >= 0.3 is 0 Å². The number of rotatable bonds is 20. The van der Waals surface area contributed by atoms with E-state index in [-0.39, 0.29) is 79.8 Å². The molecule has 7 rings (SSSR count). The van der Waals surface area contributed by atoms with Crippen molar-refractivity contribution in [2.45, 2.75) is 53.2 Å². The van der Waals surface area contributed by atoms with Gasteiger partial charge < -0.3 is 50.4 Å². The van der Waals surface area contributed by atoms with E-state index in [4.69, 9.17) is 19.9 Å². The first-order valence-corrected chi connectivity index (χ1v) is 25.5. The van der Waals surface area contributed by atoms with Gasteiger partial charge in [-0.05, 0) is 67.3 Å². The third-order valence-electron chi connectivity index (χ3n) is 11.0. The Morgan fingerprint density at radius 1 is 0.877 bits per heavy atom. The van der Waals surface area contributed by atoms with Crippen LogP contribution in [0.1, 0.15) is 65.6 Å². The highest BCUT2D eigenvalue weighted by Crippen LogP contribution is 2.28. The highest BCUT2D eigenvalue weighted by atomic mass is 32.1. The first kappa shape index (κ1) is 57.2. The number of β-amino-alcohol motifs (C(OH)–C–C–N with tert-alkyl or cyclic N) is 1. The molecule has 2 aromatic carbocycles. The van der Waals surface area contributed by atoms with Gasteiger partial charge in [-0.15, -0.1) is 22.7 Å². The number of carbonyl (C=O) groups is 6. The number of hydrogen-bond donors (Lipinski definition) is 5. The predicted molar refractivity (Wildman–Crippen MR) is 279 cm³/mol. The largest absolute Gasteiger partial charge is 0.484 e. The van der Waals surface area contributed by atoms with Gasteiger partial charge in [0.1, 0.15) is 18.1 Å². The second-order valence-corrected chi connectivity index (χ2v) is 20.0. The zero-order valence-corrected chi connectivity index (χ0v) is 43.6. The zero-order valence-electron chi connectivity index (χ0n) is 42.0. The average Bonchev–Trinajstić information content (AvgIpc) is 4.15. The number of thiazole rings is 2. The van der Waals surface area contributed by atoms with Crippen molar-refractivity contribution in [3.63, 3.8) is 0 Å². The fourth-order valence-corrected chi connectivity index (χ4v) is 8.67. The second kappa shape index (κ2) is 29.1. The lowest BCUT2D eigenvalue weighted by atomic mass is 9.92. The quantitative estimate of drug-likeness (QED) is 0.0540. The summed E-state index contributed by atoms with van der Waals surface area (Å²) in [6, 6.07) is 18.2. The SMILES string of the molecule is CC(C)(C)CC(=O)N1CCC(O)C1.CN1CCN(C(=O)c2cc(OCC(=O)NCCOCCOCC(N)=O)cc(C(=O)Nc3nc(-c4ccccn4)cs3)c2)CC1.Cc1ncsc1-c1ccc(CNC=O)cc1. The van der Waals surface area contributed by atoms with Crippen LogP contribution in [0, 0.1) is 12.3 Å². The molecule has 6 N–H and O–H groups in total. The number of nitrogens with zero attached hydrogens (tertiary/aromatic N) is 6. The molecular formula is C51H66N10O10S2. The van der Waals surface area contributed by atoms with E-state index >= 15 is 0 Å². The molecule has 1 unspecified atom stereocenters. The molecule has 0 radical (unpaired) electrons. The van der Waals surface area contributed by atoms with E-state index in [2.05, 4.69) is 68.7 Å². The first-order chi connectivity index (χ1) is 35.0. The Kier molecular flexibility index (Phi) is 22.8. The van der Waals surface area contributed by atoms with Crippen LogP contribution in [0.15, 0.2) is 77.8 Å². The maximum Gasteiger partial charge on any atom is 0.258 e. The first-order valence-electron chi connectivity index (χ1n) is 23.7. The number of hydrogen-bond acceptors (Lipinski definition) is 16. The molecule has 6 amide bonds. The third kappa shape index (κ3) is 20.0. The summed E-state index contributed by atoms with van der Waals surface area (Å²) >= 11 is 2.90. The number of carbonyl (C=O) groups excluding carboxylic acids is 6. The van der Waals surface area contributed by atoms with Crippen LogP contribution < -0.4 is 26.4 Å². The molecule has 1 atom stereocenters. The molecular weight excluding hydrogens is 977 g/mol. The summed E-state index contributed by atoms with van der Waals surface area (Å²) in [5.41, 5.74) is 12.0. The minimum Gasteiger partial charge on any atom is -0.484 e. The molecule has 22 heteroatoms. The summed E-state index contributed by atoms with van der Waals surface area (Å²) in [7, 11) is 1.99. The number of aliphatic hydroxyl groups excluding tert-OH is 1. The Hall–Kier alpha value is -6.69. The van der Waals surface area contributed by atoms with Crippen molar-refractivity contribution >= 4 is 63.8 Å². The molecule has 20 nitrogen and oxygen atoms in total. The van der Waals surface area contributed by atoms with Crippen molar-refractivity contribution in [3.8, 4) is 27.6 Å². The Labute approximate surface area is 433 Å². The topological polar surface area (TPSA) is 261 Å². The number of aliphatic hydroxyl groups is 1. The lowest BCUT2D eigenvalue weighted by molar-refractivity contribution is -0.132. The van der Waals surface area contributed by atoms with Crippen molar-refractivity contribution in [3.05, 3.63) is 100 Å². The number of pyridine rings is 1. The molecule has 73 heavy (non-hydrogen) atoms. The predicted octanol–water partition coefficient (Wildman–Crippen LogP) is 4.24. The number of aromatic nitrogens is 3. The maximum atomic E-state index is 13.4. The molecule has 2 aliphatic heterocycles. The van der Waals surface area contributed by atoms with Gasteiger partial charge in [0.2, 0.25) is 18.2 Å². The molecule has 3 aromatic heterocycles. The lowest BCUT2D eigenvalue weighted by Gasteiger charge is -2.32. The van der Waals surface area contributed by atoms with Gasteiger partial charge in [0.05, 0.1) is 47.7 Å². The van der Waals surface area contributed by atoms with Crippen LogP contribution >= 0.6 is 22.7 Å². The van der Waals surface area contributed by atoms with Gasteiger partial charge in [-0.1, -0.05) is 51.1 Å². The van der Waals surface area contributed by atoms with Crippen LogP contribution in [-0.2, 0) is 35.2 Å². The second-order valence-electron chi connectivity index (χ2n) is 18.3. The van der Waals surface area contributed by atoms with Crippen LogP contribution in [0.4, 0.5) is 5.13 Å². The number of likely N-dealkylation sites (tertiary alicyclic amines) is 1. The van der Waals surface area contributed by atoms with E-state index in [1.165, 1.54) is 40.0 Å². The van der Waals surface area contributed by atoms with Gasteiger partial charge in [0.25, 0.3) is 17.7 Å². The molecule has 2 saturated heterocycles. The van der Waals surface area contributed by atoms with E-state index in [1.54, 1.807) is 38.8 Å². The number of aryl methyl sites for hydroxylation is 1. The number of primary amides is 1. The molecule has 0 saturated carbocycles. The van der Waals surface area contributed by atoms with Crippen molar-refractivity contribution in [1.29, 1.82) is 0 Å². The number of amides is 6. The van der Waals surface area contributed by atoms with Crippen molar-refractivity contribution in [2.75, 3.05) is 91.2 Å². The Balaban J connectivity index is 0.000000274. The van der Waals surface area contributed by atoms with Crippen molar-refractivity contribution in [1.82, 2.24) is 40.3 Å². The highest BCUT2D eigenvalue weighted by molar-refractivity contribution is 7.14. The fraction of sp³-hybridized carbons (Fsp3) is 0.431. The number of likely N-dealkylation sites (N-methyl/N-ethyl adjacent to an activating group) is 1. The summed E-state index contributed by atoms with van der Waals surface area (Å²) < 4.78 is 16.0. The van der Waals surface area contributed by atoms with Gasteiger partial charge in [0, 0.05) is 81.5 Å². The Bertz CT molecular complexity index is 2560. The van der Waals surface area contributed by atoms with Gasteiger partial charge in [-0.2, -0.15) is 0 Å². The van der Waals surface area contributed by atoms with Crippen molar-refractivity contribution < 1.29 is 48.1 Å². The molecule has 5 heterocycles. The van der Waals surface area contributed by atoms with E-state index in [1.807, 2.05) is 43.7 Å². The number of anilines is 1. The Morgan fingerprint density at radius 3 is 2.26 bits per heavy atom.